The molecule has 4 bridgehead atoms. The number of hydrogen-bond acceptors (Lipinski definition) is 9. The number of halogens is 1. The van der Waals surface area contributed by atoms with E-state index in [0.29, 0.717) is 43.2 Å². The molecule has 2 N–H and O–H groups in total. The number of rotatable bonds is 11. The number of hydrazine groups is 1. The minimum atomic E-state index is -2.97. The number of nitrogens with zero attached hydrogens (tertiary/aromatic N) is 1. The predicted octanol–water partition coefficient (Wildman–Crippen LogP) is 2.14. The van der Waals surface area contributed by atoms with E-state index in [0.717, 1.165) is 3.32 Å². The molecule has 36 heavy (non-hydrogen) atoms. The molecule has 3 aliphatic heterocycles. The third kappa shape index (κ3) is 7.39. The fourth-order valence-electron chi connectivity index (χ4n) is 4.32. The Bertz CT molecular complexity index is 964. The third-order valence-electron chi connectivity index (χ3n) is 5.54. The summed E-state index contributed by atoms with van der Waals surface area (Å²) in [5.41, 5.74) is 2.84. The average Bonchev–Trinajstić information content (AvgIpc) is 3.06. The average molecular weight is 613 g/mol. The Labute approximate surface area is 220 Å². The standard InChI is InChI=1S/C24H37FN3O7.In/c1-23(2,3)34-19(29)15-27-28-21-18(33-16-32-14-13-31-7)11-10-17(20(21)25)9-8-12-26-22(30)35-24(4,5)6;/h8,11,27H,9,12-16H2,1-7H3,(H,26,30);/q-1;+1. The molecule has 0 aliphatic carbocycles. The van der Waals surface area contributed by atoms with Crippen LogP contribution in [0.4, 0.5) is 14.9 Å². The van der Waals surface area contributed by atoms with Crippen LogP contribution in [-0.4, -0.2) is 85.2 Å². The fourth-order valence-corrected chi connectivity index (χ4v) is 15.0. The van der Waals surface area contributed by atoms with Gasteiger partial charge in [-0.1, -0.05) is 0 Å². The van der Waals surface area contributed by atoms with Gasteiger partial charge in [0.05, 0.1) is 0 Å². The summed E-state index contributed by atoms with van der Waals surface area (Å²) in [6.45, 7) is 11.7. The van der Waals surface area contributed by atoms with Gasteiger partial charge in [0.2, 0.25) is 0 Å². The van der Waals surface area contributed by atoms with Crippen LogP contribution in [0, 0.1) is 5.82 Å². The second kappa shape index (κ2) is 11.7. The van der Waals surface area contributed by atoms with Crippen LogP contribution in [0.5, 0.6) is 5.75 Å². The van der Waals surface area contributed by atoms with E-state index in [-0.39, 0.29) is 22.8 Å². The second-order valence-electron chi connectivity index (χ2n) is 10.9. The monoisotopic (exact) mass is 613 g/mol. The van der Waals surface area contributed by atoms with Crippen LogP contribution in [0.25, 0.3) is 0 Å². The van der Waals surface area contributed by atoms with Gasteiger partial charge in [-0.25, -0.2) is 0 Å². The van der Waals surface area contributed by atoms with E-state index in [4.69, 9.17) is 23.7 Å². The molecule has 12 heteroatoms. The van der Waals surface area contributed by atoms with E-state index in [1.807, 2.05) is 9.06 Å². The Morgan fingerprint density at radius 2 is 1.83 bits per heavy atom. The molecule has 1 aromatic rings. The number of anilines is 1. The summed E-state index contributed by atoms with van der Waals surface area (Å²) in [7, 11) is 1.58. The summed E-state index contributed by atoms with van der Waals surface area (Å²) in [5.74, 6) is -0.459. The van der Waals surface area contributed by atoms with Gasteiger partial charge in [-0.05, 0) is 0 Å². The third-order valence-corrected chi connectivity index (χ3v) is 15.6. The molecule has 1 aromatic carbocycles. The topological polar surface area (TPSA) is 108 Å². The van der Waals surface area contributed by atoms with Gasteiger partial charge >= 0.3 is 220 Å². The summed E-state index contributed by atoms with van der Waals surface area (Å²) < 4.78 is 45.4. The van der Waals surface area contributed by atoms with Crippen LogP contribution in [0.3, 0.4) is 0 Å². The summed E-state index contributed by atoms with van der Waals surface area (Å²) in [6.07, 6.45) is 0.00785. The van der Waals surface area contributed by atoms with Crippen LogP contribution >= 0.6 is 0 Å². The number of alkyl carbamates (subject to hydrolysis) is 1. The number of methoxy groups -OCH3 is 1. The first-order valence-electron chi connectivity index (χ1n) is 12.1. The van der Waals surface area contributed by atoms with Gasteiger partial charge in [-0.2, -0.15) is 0 Å². The number of amides is 1. The van der Waals surface area contributed by atoms with Crippen LogP contribution in [0.15, 0.2) is 6.07 Å². The fraction of sp³-hybridized carbons (Fsp3) is 0.667. The van der Waals surface area contributed by atoms with Crippen molar-refractivity contribution in [1.82, 2.24) is 10.7 Å². The quantitative estimate of drug-likeness (QED) is 0.221. The molecule has 0 fully saturated rings. The second-order valence-corrected chi connectivity index (χ2v) is 19.3. The van der Waals surface area contributed by atoms with Gasteiger partial charge in [-0.15, -0.1) is 0 Å². The Morgan fingerprint density at radius 1 is 1.14 bits per heavy atom. The molecule has 0 radical (unpaired) electrons. The molecule has 0 saturated carbocycles. The van der Waals surface area contributed by atoms with Crippen molar-refractivity contribution in [2.75, 3.05) is 43.2 Å². The maximum atomic E-state index is 15.7. The van der Waals surface area contributed by atoms with Crippen molar-refractivity contribution in [3.05, 3.63) is 17.4 Å². The van der Waals surface area contributed by atoms with Crippen LogP contribution in [0.1, 0.15) is 47.1 Å². The van der Waals surface area contributed by atoms with E-state index < -0.39 is 45.0 Å². The molecule has 3 heterocycles. The summed E-state index contributed by atoms with van der Waals surface area (Å²) in [5, 5.41) is 2.84. The minimum absolute atomic E-state index is 0.0504. The molecule has 3 aliphatic rings. The van der Waals surface area contributed by atoms with Gasteiger partial charge in [0, 0.05) is 0 Å². The summed E-state index contributed by atoms with van der Waals surface area (Å²) in [6, 6.07) is 1.90. The molecule has 0 spiro atoms. The number of fused-ring (bicyclic) bond motifs is 1. The molecule has 0 saturated heterocycles. The SMILES string of the molecule is COCCOCOc1c[c]2c3c(F)c1[N](NCC(=O)OC(C)(C)C)[In]2[CH](CNC(=O)OC(C)(C)C)C3. The van der Waals surface area contributed by atoms with Crippen molar-refractivity contribution in [3.63, 3.8) is 0 Å². The van der Waals surface area contributed by atoms with Crippen LogP contribution in [0.2, 0.25) is 3.67 Å². The number of nitrogens with one attached hydrogen (secondary N) is 2. The summed E-state index contributed by atoms with van der Waals surface area (Å²) in [4.78, 5) is 24.7. The molecule has 4 rings (SSSR count). The number of hydrogen-bond donors (Lipinski definition) is 2. The van der Waals surface area contributed by atoms with Crippen molar-refractivity contribution < 1.29 is 37.7 Å². The molecule has 10 nitrogen and oxygen atoms in total. The van der Waals surface area contributed by atoms with Crippen molar-refractivity contribution in [3.8, 4) is 5.75 Å². The molecule has 1 atom stereocenters. The van der Waals surface area contributed by atoms with Crippen molar-refractivity contribution in [2.24, 2.45) is 0 Å². The predicted molar refractivity (Wildman–Crippen MR) is 133 cm³/mol. The van der Waals surface area contributed by atoms with Gasteiger partial charge in [-0.3, -0.25) is 0 Å². The zero-order valence-electron chi connectivity index (χ0n) is 22.2. The van der Waals surface area contributed by atoms with Crippen LogP contribution < -0.4 is 21.8 Å². The Balaban J connectivity index is 1.78. The van der Waals surface area contributed by atoms with E-state index in [1.165, 1.54) is 0 Å². The van der Waals surface area contributed by atoms with E-state index in [9.17, 15) is 9.59 Å². The van der Waals surface area contributed by atoms with Gasteiger partial charge in [0.1, 0.15) is 0 Å². The molecule has 0 aromatic heterocycles. The Kier molecular flexibility index (Phi) is 9.40. The maximum absolute atomic E-state index is 15.7. The first-order valence-corrected chi connectivity index (χ1v) is 17.1. The number of esters is 1. The van der Waals surface area contributed by atoms with Gasteiger partial charge in [0.15, 0.2) is 0 Å². The van der Waals surface area contributed by atoms with Crippen molar-refractivity contribution in [1.29, 1.82) is 0 Å². The van der Waals surface area contributed by atoms with Gasteiger partial charge < -0.3 is 0 Å². The van der Waals surface area contributed by atoms with Gasteiger partial charge in [0.25, 0.3) is 0 Å². The van der Waals surface area contributed by atoms with Crippen LogP contribution in [-0.2, 0) is 30.2 Å². The normalized spacial score (nSPS) is 16.4. The van der Waals surface area contributed by atoms with E-state index in [1.54, 1.807) is 48.7 Å². The van der Waals surface area contributed by atoms with Crippen molar-refractivity contribution >= 4 is 42.8 Å². The van der Waals surface area contributed by atoms with E-state index in [2.05, 4.69) is 10.7 Å². The molecule has 200 valence electrons. The zero-order chi connectivity index (χ0) is 26.7. The number of carbonyl (C=O) groups is 2. The molecular formula is C24H37FInN3O7. The number of ether oxygens (including phenoxy) is 5. The first-order chi connectivity index (χ1) is 16.8. The number of carbonyl (C=O) groups excluding carboxylic acids is 2. The molecule has 1 unspecified atom stereocenters. The zero-order valence-corrected chi connectivity index (χ0v) is 25.5. The first kappa shape index (κ1) is 28.8. The molecule has 1 amide bonds. The summed E-state index contributed by atoms with van der Waals surface area (Å²) >= 11 is -2.97. The molecular weight excluding hydrogens is 576 g/mol. The van der Waals surface area contributed by atoms with Crippen molar-refractivity contribution in [2.45, 2.75) is 62.8 Å². The Hall–Kier alpha value is -1.76. The Morgan fingerprint density at radius 3 is 2.47 bits per heavy atom. The number of benzene rings is 1. The van der Waals surface area contributed by atoms with E-state index >= 15 is 4.39 Å².